The summed E-state index contributed by atoms with van der Waals surface area (Å²) in [5.41, 5.74) is 11.2. The predicted octanol–water partition coefficient (Wildman–Crippen LogP) is 0.912. The lowest BCUT2D eigenvalue weighted by Gasteiger charge is -2.25. The number of urea groups is 1. The summed E-state index contributed by atoms with van der Waals surface area (Å²) in [4.78, 5) is 86.1. The van der Waals surface area contributed by atoms with Crippen molar-refractivity contribution in [2.24, 2.45) is 17.4 Å². The van der Waals surface area contributed by atoms with Gasteiger partial charge in [-0.3, -0.25) is 28.9 Å². The molecule has 1 aliphatic rings. The largest absolute Gasteiger partial charge is 0.445 e. The van der Waals surface area contributed by atoms with Crippen molar-refractivity contribution in [2.45, 2.75) is 82.7 Å². The number of rotatable bonds is 18. The van der Waals surface area contributed by atoms with Gasteiger partial charge in [-0.1, -0.05) is 32.4 Å². The van der Waals surface area contributed by atoms with E-state index in [9.17, 15) is 33.6 Å². The summed E-state index contributed by atoms with van der Waals surface area (Å²) < 4.78 is 4.74. The molecule has 1 fully saturated rings. The van der Waals surface area contributed by atoms with Gasteiger partial charge in [0.05, 0.1) is 5.25 Å². The summed E-state index contributed by atoms with van der Waals surface area (Å²) in [5, 5.41) is 10.0. The molecule has 8 N–H and O–H groups in total. The molecule has 16 heteroatoms. The van der Waals surface area contributed by atoms with Gasteiger partial charge in [0.25, 0.3) is 0 Å². The molecule has 1 saturated heterocycles. The number of carbonyl (C=O) groups is 7. The molecule has 248 valence electrons. The average molecular weight is 650 g/mol. The van der Waals surface area contributed by atoms with Crippen molar-refractivity contribution >= 4 is 60.0 Å². The Bertz CT molecular complexity index is 1230. The number of hydrogen-bond acceptors (Lipinski definition) is 9. The van der Waals surface area contributed by atoms with Crippen molar-refractivity contribution < 1.29 is 38.3 Å². The van der Waals surface area contributed by atoms with Crippen LogP contribution in [0.5, 0.6) is 0 Å². The number of primary amides is 2. The molecule has 0 aliphatic carbocycles. The number of amides is 8. The first-order valence-electron chi connectivity index (χ1n) is 14.8. The first-order valence-corrected chi connectivity index (χ1v) is 15.3. The highest BCUT2D eigenvalue weighted by Gasteiger charge is 2.35. The number of nitrogens with one attached hydrogen (secondary N) is 4. The highest BCUT2D eigenvalue weighted by atomic mass is 32.1. The second-order valence-corrected chi connectivity index (χ2v) is 11.6. The third-order valence-electron chi connectivity index (χ3n) is 6.98. The standard InChI is InChI=1S/C29H43N7O8S/c1-17(2)24(35-22(37)8-4-3-5-14-36-23(38)15-21(45)27(36)41)26(40)34-20(7-6-13-32-28(30)42)25(39)33-19-11-9-18(10-12-19)16-44-29(31)43/h9-12,17,20-21,24,45H,3-8,13-16H2,1-2H3,(H2,31,43)(H,33,39)(H,34,40)(H,35,37)(H3,30,32,42)/t20-,21?,24?/m0/s1. The third kappa shape index (κ3) is 13.0. The predicted molar refractivity (Wildman–Crippen MR) is 168 cm³/mol. The van der Waals surface area contributed by atoms with E-state index in [1.54, 1.807) is 38.1 Å². The maximum Gasteiger partial charge on any atom is 0.404 e. The van der Waals surface area contributed by atoms with Crippen molar-refractivity contribution in [2.75, 3.05) is 18.4 Å². The van der Waals surface area contributed by atoms with Crippen LogP contribution in [0.1, 0.15) is 64.4 Å². The van der Waals surface area contributed by atoms with E-state index in [2.05, 4.69) is 33.9 Å². The van der Waals surface area contributed by atoms with Gasteiger partial charge in [0.2, 0.25) is 29.5 Å². The van der Waals surface area contributed by atoms with Gasteiger partial charge in [-0.15, -0.1) is 0 Å². The molecule has 1 aliphatic heterocycles. The lowest BCUT2D eigenvalue weighted by Crippen LogP contribution is -2.54. The summed E-state index contributed by atoms with van der Waals surface area (Å²) in [6.45, 7) is 3.95. The van der Waals surface area contributed by atoms with Gasteiger partial charge in [-0.25, -0.2) is 9.59 Å². The van der Waals surface area contributed by atoms with Gasteiger partial charge < -0.3 is 37.5 Å². The fourth-order valence-electron chi connectivity index (χ4n) is 4.53. The zero-order valence-corrected chi connectivity index (χ0v) is 26.4. The van der Waals surface area contributed by atoms with E-state index in [-0.39, 0.29) is 62.6 Å². The monoisotopic (exact) mass is 649 g/mol. The van der Waals surface area contributed by atoms with Crippen LogP contribution in [0, 0.1) is 5.92 Å². The summed E-state index contributed by atoms with van der Waals surface area (Å²) in [5.74, 6) is -2.26. The number of nitrogens with two attached hydrogens (primary N) is 2. The first kappa shape index (κ1) is 36.8. The van der Waals surface area contributed by atoms with Crippen molar-refractivity contribution in [1.29, 1.82) is 0 Å². The number of unbranched alkanes of at least 4 members (excludes halogenated alkanes) is 2. The summed E-state index contributed by atoms with van der Waals surface area (Å²) in [6.07, 6.45) is 1.44. The minimum absolute atomic E-state index is 0.0329. The van der Waals surface area contributed by atoms with Gasteiger partial charge in [-0.05, 0) is 49.3 Å². The molecule has 45 heavy (non-hydrogen) atoms. The van der Waals surface area contributed by atoms with Crippen LogP contribution in [0.25, 0.3) is 0 Å². The minimum Gasteiger partial charge on any atom is -0.445 e. The summed E-state index contributed by atoms with van der Waals surface area (Å²) >= 11 is 4.10. The van der Waals surface area contributed by atoms with Crippen LogP contribution >= 0.6 is 12.6 Å². The van der Waals surface area contributed by atoms with Crippen molar-refractivity contribution in [3.8, 4) is 0 Å². The van der Waals surface area contributed by atoms with Gasteiger partial charge >= 0.3 is 12.1 Å². The highest BCUT2D eigenvalue weighted by Crippen LogP contribution is 2.19. The molecule has 1 heterocycles. The van der Waals surface area contributed by atoms with E-state index in [0.29, 0.717) is 36.9 Å². The third-order valence-corrected chi connectivity index (χ3v) is 7.38. The van der Waals surface area contributed by atoms with E-state index in [1.807, 2.05) is 0 Å². The van der Waals surface area contributed by atoms with Crippen molar-refractivity contribution in [1.82, 2.24) is 20.9 Å². The van der Waals surface area contributed by atoms with Crippen LogP contribution in [0.2, 0.25) is 0 Å². The van der Waals surface area contributed by atoms with E-state index in [4.69, 9.17) is 16.2 Å². The number of imide groups is 1. The Balaban J connectivity index is 1.93. The smallest absolute Gasteiger partial charge is 0.404 e. The molecular weight excluding hydrogens is 606 g/mol. The maximum absolute atomic E-state index is 13.3. The summed E-state index contributed by atoms with van der Waals surface area (Å²) in [6, 6.07) is 3.82. The van der Waals surface area contributed by atoms with Crippen LogP contribution in [0.3, 0.4) is 0 Å². The molecule has 0 radical (unpaired) electrons. The van der Waals surface area contributed by atoms with E-state index in [0.717, 1.165) is 0 Å². The van der Waals surface area contributed by atoms with Gasteiger partial charge in [0, 0.05) is 31.6 Å². The molecule has 2 rings (SSSR count). The number of thiol groups is 1. The Labute approximate surface area is 267 Å². The fourth-order valence-corrected chi connectivity index (χ4v) is 4.83. The first-order chi connectivity index (χ1) is 21.3. The van der Waals surface area contributed by atoms with Crippen LogP contribution in [-0.2, 0) is 35.3 Å². The minimum atomic E-state index is -1.00. The molecule has 0 saturated carbocycles. The number of nitrogens with zero attached hydrogens (tertiary/aromatic N) is 1. The van der Waals surface area contributed by atoms with E-state index in [1.165, 1.54) is 4.90 Å². The molecule has 1 aromatic carbocycles. The van der Waals surface area contributed by atoms with Gasteiger partial charge in [0.15, 0.2) is 0 Å². The molecule has 8 amide bonds. The number of hydrogen-bond donors (Lipinski definition) is 7. The van der Waals surface area contributed by atoms with Gasteiger partial charge in [0.1, 0.15) is 18.7 Å². The average Bonchev–Trinajstić information content (AvgIpc) is 3.21. The van der Waals surface area contributed by atoms with Crippen molar-refractivity contribution in [3.05, 3.63) is 29.8 Å². The molecule has 3 atom stereocenters. The number of anilines is 1. The Morgan fingerprint density at radius 2 is 1.67 bits per heavy atom. The quantitative estimate of drug-likeness (QED) is 0.0685. The molecule has 0 aromatic heterocycles. The molecular formula is C29H43N7O8S. The maximum atomic E-state index is 13.3. The van der Waals surface area contributed by atoms with E-state index >= 15 is 0 Å². The number of ether oxygens (including phenoxy) is 1. The van der Waals surface area contributed by atoms with Crippen molar-refractivity contribution in [3.63, 3.8) is 0 Å². The fraction of sp³-hybridized carbons (Fsp3) is 0.552. The Morgan fingerprint density at radius 3 is 2.24 bits per heavy atom. The molecule has 15 nitrogen and oxygen atoms in total. The summed E-state index contributed by atoms with van der Waals surface area (Å²) in [7, 11) is 0. The molecule has 2 unspecified atom stereocenters. The molecule has 1 aromatic rings. The molecule has 0 bridgehead atoms. The topological polar surface area (TPSA) is 232 Å². The Morgan fingerprint density at radius 1 is 0.978 bits per heavy atom. The van der Waals surface area contributed by atoms with Crippen LogP contribution < -0.4 is 32.7 Å². The van der Waals surface area contributed by atoms with Gasteiger partial charge in [-0.2, -0.15) is 12.6 Å². The number of benzene rings is 1. The van der Waals surface area contributed by atoms with Crippen LogP contribution in [0.4, 0.5) is 15.3 Å². The number of likely N-dealkylation sites (tertiary alicyclic amines) is 1. The number of carbonyl (C=O) groups excluding carboxylic acids is 7. The van der Waals surface area contributed by atoms with E-state index < -0.39 is 41.3 Å². The Kier molecular flexibility index (Phi) is 15.1. The normalized spacial score (nSPS) is 15.7. The highest BCUT2D eigenvalue weighted by molar-refractivity contribution is 7.81. The second kappa shape index (κ2) is 18.5. The SMILES string of the molecule is CC(C)C(NC(=O)CCCCCN1C(=O)CC(S)C1=O)C(=O)N[C@@H](CCCNC(N)=O)C(=O)Nc1ccc(COC(N)=O)cc1. The zero-order chi connectivity index (χ0) is 33.5. The van der Waals surface area contributed by atoms with Crippen LogP contribution in [-0.4, -0.2) is 77.0 Å². The second-order valence-electron chi connectivity index (χ2n) is 11.0. The van der Waals surface area contributed by atoms with Crippen LogP contribution in [0.15, 0.2) is 24.3 Å². The Hall–Kier alpha value is -4.34. The zero-order valence-electron chi connectivity index (χ0n) is 25.5. The molecule has 0 spiro atoms. The lowest BCUT2D eigenvalue weighted by molar-refractivity contribution is -0.138. The lowest BCUT2D eigenvalue weighted by atomic mass is 10.0.